The first-order valence-corrected chi connectivity index (χ1v) is 16.2. The van der Waals surface area contributed by atoms with Crippen molar-refractivity contribution in [1.29, 1.82) is 0 Å². The van der Waals surface area contributed by atoms with Crippen molar-refractivity contribution in [2.75, 3.05) is 38.8 Å². The number of ether oxygens (including phenoxy) is 3. The predicted molar refractivity (Wildman–Crippen MR) is 158 cm³/mol. The van der Waals surface area contributed by atoms with Gasteiger partial charge >= 0.3 is 0 Å². The smallest absolute Gasteiger partial charge is 0.265 e. The van der Waals surface area contributed by atoms with E-state index < -0.39 is 18.0 Å². The van der Waals surface area contributed by atoms with Gasteiger partial charge in [-0.15, -0.1) is 0 Å². The molecule has 0 aliphatic carbocycles. The van der Waals surface area contributed by atoms with E-state index in [9.17, 15) is 8.42 Å². The predicted octanol–water partition coefficient (Wildman–Crippen LogP) is 2.92. The van der Waals surface area contributed by atoms with Crippen molar-refractivity contribution >= 4 is 34.0 Å². The Morgan fingerprint density at radius 2 is 1.32 bits per heavy atom. The molecular formula is C30H36N2O6PS+. The number of hydrogen-bond donors (Lipinski definition) is 1. The lowest BCUT2D eigenvalue weighted by atomic mass is 10.3. The molecule has 0 radical (unpaired) electrons. The molecule has 10 heteroatoms. The summed E-state index contributed by atoms with van der Waals surface area (Å²) in [5, 5.41) is 3.91. The van der Waals surface area contributed by atoms with Crippen LogP contribution in [-0.4, -0.2) is 56.3 Å². The molecule has 1 N–H and O–H groups in total. The topological polar surface area (TPSA) is 90.9 Å². The van der Waals surface area contributed by atoms with Gasteiger partial charge in [-0.1, -0.05) is 72.8 Å². The highest BCUT2D eigenvalue weighted by Gasteiger charge is 2.16. The Morgan fingerprint density at radius 1 is 0.750 bits per heavy atom. The minimum atomic E-state index is -3.91. The second-order valence-corrected chi connectivity index (χ2v) is 12.9. The van der Waals surface area contributed by atoms with E-state index >= 15 is 0 Å². The Balaban J connectivity index is 1.10. The van der Waals surface area contributed by atoms with Crippen LogP contribution in [0.4, 0.5) is 0 Å². The second kappa shape index (κ2) is 15.6. The van der Waals surface area contributed by atoms with Crippen LogP contribution in [0.3, 0.4) is 0 Å². The summed E-state index contributed by atoms with van der Waals surface area (Å²) in [6, 6.07) is 29.6. The highest BCUT2D eigenvalue weighted by atomic mass is 32.2. The summed E-state index contributed by atoms with van der Waals surface area (Å²) < 4.78 is 51.4. The minimum absolute atomic E-state index is 0.240. The van der Waals surface area contributed by atoms with Crippen LogP contribution in [0.25, 0.3) is 0 Å². The van der Waals surface area contributed by atoms with Crippen LogP contribution in [0, 0.1) is 0 Å². The van der Waals surface area contributed by atoms with Crippen molar-refractivity contribution in [3.63, 3.8) is 0 Å². The van der Waals surface area contributed by atoms with E-state index in [1.54, 1.807) is 0 Å². The third-order valence-corrected chi connectivity index (χ3v) is 9.30. The summed E-state index contributed by atoms with van der Waals surface area (Å²) in [5.41, 5.74) is 0. The van der Waals surface area contributed by atoms with Crippen molar-refractivity contribution in [3.05, 3.63) is 104 Å². The quantitative estimate of drug-likeness (QED) is 0.0890. The number of aromatic nitrogens is 2. The zero-order valence-corrected chi connectivity index (χ0v) is 24.1. The molecule has 0 aliphatic rings. The molecule has 0 aliphatic heterocycles. The molecule has 8 nitrogen and oxygen atoms in total. The van der Waals surface area contributed by atoms with E-state index in [0.717, 1.165) is 5.75 Å². The van der Waals surface area contributed by atoms with Crippen LogP contribution >= 0.6 is 7.92 Å². The minimum Gasteiger partial charge on any atom is -0.491 e. The summed E-state index contributed by atoms with van der Waals surface area (Å²) in [6.07, 6.45) is 6.02. The van der Waals surface area contributed by atoms with Gasteiger partial charge in [0.2, 0.25) is 6.33 Å². The Bertz CT molecular complexity index is 1340. The van der Waals surface area contributed by atoms with Gasteiger partial charge in [0.15, 0.2) is 0 Å². The average Bonchev–Trinajstić information content (AvgIpc) is 3.41. The first-order valence-electron chi connectivity index (χ1n) is 13.3. The molecular weight excluding hydrogens is 547 g/mol. The average molecular weight is 584 g/mol. The molecule has 1 heterocycles. The number of hydrogen-bond acceptors (Lipinski definition) is 5. The molecule has 40 heavy (non-hydrogen) atoms. The fraction of sp³-hybridized carbons (Fsp3) is 0.300. The fourth-order valence-corrected chi connectivity index (χ4v) is 6.91. The SMILES string of the molecule is O=S(=O)(O)CCC[n+]1ccn(CCOCCOCCOc2ccc(P(c3ccccc3)c3ccccc3)cc2)c1. The maximum Gasteiger partial charge on any atom is 0.265 e. The van der Waals surface area contributed by atoms with Gasteiger partial charge in [-0.25, -0.2) is 9.13 Å². The van der Waals surface area contributed by atoms with Gasteiger partial charge in [-0.2, -0.15) is 8.42 Å². The Morgan fingerprint density at radius 3 is 1.95 bits per heavy atom. The van der Waals surface area contributed by atoms with E-state index in [0.29, 0.717) is 52.5 Å². The summed E-state index contributed by atoms with van der Waals surface area (Å²) in [5.74, 6) is 0.581. The molecule has 0 amide bonds. The first-order chi connectivity index (χ1) is 19.5. The van der Waals surface area contributed by atoms with E-state index in [-0.39, 0.29) is 5.75 Å². The van der Waals surface area contributed by atoms with Gasteiger partial charge in [0.1, 0.15) is 31.3 Å². The summed E-state index contributed by atoms with van der Waals surface area (Å²) in [4.78, 5) is 0. The third kappa shape index (κ3) is 10.2. The maximum absolute atomic E-state index is 10.8. The molecule has 4 aromatic rings. The second-order valence-electron chi connectivity index (χ2n) is 9.10. The monoisotopic (exact) mass is 583 g/mol. The fourth-order valence-electron chi connectivity index (χ4n) is 4.14. The van der Waals surface area contributed by atoms with Gasteiger partial charge in [-0.3, -0.25) is 4.55 Å². The maximum atomic E-state index is 10.8. The summed E-state index contributed by atoms with van der Waals surface area (Å²) in [7, 11) is -4.54. The van der Waals surface area contributed by atoms with E-state index in [4.69, 9.17) is 18.8 Å². The molecule has 4 rings (SSSR count). The molecule has 0 saturated heterocycles. The molecule has 0 saturated carbocycles. The zero-order valence-electron chi connectivity index (χ0n) is 22.4. The van der Waals surface area contributed by atoms with Gasteiger partial charge in [0.05, 0.1) is 38.7 Å². The summed E-state index contributed by atoms with van der Waals surface area (Å²) in [6.45, 7) is 3.67. The van der Waals surface area contributed by atoms with E-state index in [1.807, 2.05) is 40.0 Å². The lowest BCUT2D eigenvalue weighted by molar-refractivity contribution is -0.696. The van der Waals surface area contributed by atoms with Gasteiger partial charge in [0, 0.05) is 6.42 Å². The molecule has 0 atom stereocenters. The molecule has 3 aromatic carbocycles. The normalized spacial score (nSPS) is 11.7. The van der Waals surface area contributed by atoms with Crippen LogP contribution in [0.2, 0.25) is 0 Å². The van der Waals surface area contributed by atoms with Crippen LogP contribution in [-0.2, 0) is 32.7 Å². The third-order valence-electron chi connectivity index (χ3n) is 6.05. The highest BCUT2D eigenvalue weighted by Crippen LogP contribution is 2.33. The largest absolute Gasteiger partial charge is 0.491 e. The lowest BCUT2D eigenvalue weighted by Gasteiger charge is -2.19. The van der Waals surface area contributed by atoms with Crippen LogP contribution in [0.15, 0.2) is 104 Å². The van der Waals surface area contributed by atoms with Crippen LogP contribution < -0.4 is 25.2 Å². The van der Waals surface area contributed by atoms with Gasteiger partial charge < -0.3 is 14.2 Å². The lowest BCUT2D eigenvalue weighted by Crippen LogP contribution is -2.32. The summed E-state index contributed by atoms with van der Waals surface area (Å²) >= 11 is 0. The molecule has 1 aromatic heterocycles. The van der Waals surface area contributed by atoms with E-state index in [2.05, 4.69) is 72.8 Å². The van der Waals surface area contributed by atoms with Gasteiger partial charge in [0.25, 0.3) is 10.1 Å². The number of nitrogens with zero attached hydrogens (tertiary/aromatic N) is 2. The number of aryl methyl sites for hydroxylation is 1. The number of benzene rings is 3. The molecule has 0 bridgehead atoms. The van der Waals surface area contributed by atoms with E-state index in [1.165, 1.54) is 15.9 Å². The molecule has 0 fully saturated rings. The van der Waals surface area contributed by atoms with Crippen LogP contribution in [0.1, 0.15) is 6.42 Å². The zero-order chi connectivity index (χ0) is 28.0. The Hall–Kier alpha value is -3.07. The number of rotatable bonds is 17. The van der Waals surface area contributed by atoms with Crippen LogP contribution in [0.5, 0.6) is 5.75 Å². The molecule has 0 unspecified atom stereocenters. The van der Waals surface area contributed by atoms with Crippen molar-refractivity contribution in [1.82, 2.24) is 4.57 Å². The van der Waals surface area contributed by atoms with Gasteiger partial charge in [-0.05, 0) is 36.0 Å². The molecule has 212 valence electrons. The van der Waals surface area contributed by atoms with Crippen molar-refractivity contribution in [3.8, 4) is 5.75 Å². The standard InChI is InChI=1S/C30H35N2O6PS/c33-40(34,35)25-7-16-31-17-18-32(26-31)19-20-36-21-22-37-23-24-38-27-12-14-30(15-13-27)39(28-8-3-1-4-9-28)29-10-5-2-6-11-29/h1-6,8-15,17-18,26H,7,16,19-25H2/p+1. The van der Waals surface area contributed by atoms with Crippen molar-refractivity contribution in [2.24, 2.45) is 0 Å². The van der Waals surface area contributed by atoms with Crippen molar-refractivity contribution in [2.45, 2.75) is 19.5 Å². The molecule has 0 spiro atoms. The Labute approximate surface area is 237 Å². The highest BCUT2D eigenvalue weighted by molar-refractivity contribution is 7.85. The first kappa shape index (κ1) is 29.9. The number of imidazole rings is 1. The Kier molecular flexibility index (Phi) is 11.7. The van der Waals surface area contributed by atoms with Crippen molar-refractivity contribution < 1.29 is 31.7 Å².